The number of rotatable bonds is 1. The Morgan fingerprint density at radius 3 is 2.27 bits per heavy atom. The number of allylic oxidation sites excluding steroid dienone is 2. The first-order valence-corrected chi connectivity index (χ1v) is 14.5. The molecule has 0 aromatic carbocycles. The van der Waals surface area contributed by atoms with Crippen LogP contribution < -0.4 is 0 Å². The number of nitrogens with zero attached hydrogens (tertiary/aromatic N) is 1. The zero-order chi connectivity index (χ0) is 27.4. The molecule has 5 rings (SSSR count). The van der Waals surface area contributed by atoms with Crippen LogP contribution in [0.15, 0.2) is 11.6 Å². The van der Waals surface area contributed by atoms with E-state index in [9.17, 15) is 20.0 Å². The van der Waals surface area contributed by atoms with Crippen molar-refractivity contribution in [2.24, 2.45) is 56.2 Å². The predicted octanol–water partition coefficient (Wildman–Crippen LogP) is 6.25. The fraction of sp³-hybridized carbons (Fsp3) is 0.844. The Kier molecular flexibility index (Phi) is 5.77. The number of ketones is 1. The highest BCUT2D eigenvalue weighted by atomic mass is 16.5. The lowest BCUT2D eigenvalue weighted by atomic mass is 9.31. The molecular weight excluding hydrogens is 462 g/mol. The van der Waals surface area contributed by atoms with Gasteiger partial charge in [0.2, 0.25) is 0 Å². The normalized spacial score (nSPS) is 49.8. The summed E-state index contributed by atoms with van der Waals surface area (Å²) in [4.78, 5) is 26.7. The van der Waals surface area contributed by atoms with Gasteiger partial charge in [-0.3, -0.25) is 9.59 Å². The number of esters is 1. The molecule has 5 aliphatic carbocycles. The van der Waals surface area contributed by atoms with Gasteiger partial charge in [-0.25, -0.2) is 0 Å². The topological polar surface area (TPSA) is 87.4 Å². The molecule has 0 saturated heterocycles. The van der Waals surface area contributed by atoms with Gasteiger partial charge in [0, 0.05) is 5.41 Å². The van der Waals surface area contributed by atoms with Crippen molar-refractivity contribution in [3.63, 3.8) is 0 Å². The van der Waals surface area contributed by atoms with Gasteiger partial charge in [0.15, 0.2) is 5.78 Å². The summed E-state index contributed by atoms with van der Waals surface area (Å²) in [6, 6.07) is 2.22. The van der Waals surface area contributed by atoms with Crippen molar-refractivity contribution in [3.05, 3.63) is 11.6 Å². The molecule has 5 nitrogen and oxygen atoms in total. The monoisotopic (exact) mass is 509 g/mol. The van der Waals surface area contributed by atoms with Gasteiger partial charge in [0.25, 0.3) is 0 Å². The molecule has 1 N–H and O–H groups in total. The van der Waals surface area contributed by atoms with E-state index in [1.165, 1.54) is 7.11 Å². The molecule has 4 saturated carbocycles. The number of hydrogen-bond donors (Lipinski definition) is 1. The number of fused-ring (bicyclic) bond motifs is 7. The van der Waals surface area contributed by atoms with Crippen LogP contribution in [0, 0.1) is 67.5 Å². The maximum atomic E-state index is 13.4. The molecule has 204 valence electrons. The minimum absolute atomic E-state index is 0.0268. The summed E-state index contributed by atoms with van der Waals surface area (Å²) >= 11 is 0. The zero-order valence-corrected chi connectivity index (χ0v) is 24.2. The summed E-state index contributed by atoms with van der Waals surface area (Å²) in [5.41, 5.74) is -1.25. The Labute approximate surface area is 223 Å². The second-order valence-electron chi connectivity index (χ2n) is 15.5. The number of aliphatic hydroxyl groups is 1. The van der Waals surface area contributed by atoms with Crippen LogP contribution in [-0.2, 0) is 14.3 Å². The number of Topliss-reactive ketones (excluding diaryl/α,β-unsaturated/α-hetero) is 1. The van der Waals surface area contributed by atoms with Crippen LogP contribution >= 0.6 is 0 Å². The average molecular weight is 510 g/mol. The molecule has 2 unspecified atom stereocenters. The number of carbonyl (C=O) groups is 2. The molecular formula is C32H47NO4. The van der Waals surface area contributed by atoms with Gasteiger partial charge in [-0.05, 0) is 96.7 Å². The van der Waals surface area contributed by atoms with Gasteiger partial charge in [-0.15, -0.1) is 0 Å². The SMILES string of the molecule is COC(=O)[C@]12CCC(C)(C)CC1C1[C@H](O)C[C@@H]3[C@@]4(C)C=C(C#N)C(=O)C(C)(C)[C@@H]4CC[C@@]3(C)[C@]1(C)CC2. The van der Waals surface area contributed by atoms with Crippen LogP contribution in [0.4, 0.5) is 0 Å². The standard InChI is InChI=1S/C32H47NO4/c1-27(2)11-13-32(26(36)37-8)14-12-31(7)24(20(32)17-27)21(34)15-23-29(5)16-19(18-33)25(35)28(3,4)22(29)9-10-30(23,31)6/h16,20-24,34H,9-15,17H2,1-8H3/t20?,21-,22+,23-,24?,29+,30-,31-,32+/m1/s1. The highest BCUT2D eigenvalue weighted by Crippen LogP contribution is 2.76. The van der Waals surface area contributed by atoms with Gasteiger partial charge in [0.1, 0.15) is 6.07 Å². The summed E-state index contributed by atoms with van der Waals surface area (Å²) in [7, 11) is 1.52. The molecule has 0 heterocycles. The smallest absolute Gasteiger partial charge is 0.312 e. The summed E-state index contributed by atoms with van der Waals surface area (Å²) in [6.45, 7) is 15.7. The van der Waals surface area contributed by atoms with Gasteiger partial charge >= 0.3 is 5.97 Å². The minimum atomic E-state index is -0.599. The van der Waals surface area contributed by atoms with Crippen molar-refractivity contribution in [2.75, 3.05) is 7.11 Å². The number of hydrogen-bond acceptors (Lipinski definition) is 5. The van der Waals surface area contributed by atoms with E-state index in [1.54, 1.807) is 0 Å². The van der Waals surface area contributed by atoms with E-state index in [0.29, 0.717) is 6.42 Å². The molecule has 37 heavy (non-hydrogen) atoms. The molecule has 0 spiro atoms. The molecule has 0 aromatic heterocycles. The van der Waals surface area contributed by atoms with E-state index in [4.69, 9.17) is 4.74 Å². The molecule has 0 aromatic rings. The van der Waals surface area contributed by atoms with Crippen molar-refractivity contribution in [1.82, 2.24) is 0 Å². The third-order valence-electron chi connectivity index (χ3n) is 13.3. The largest absolute Gasteiger partial charge is 0.469 e. The average Bonchev–Trinajstić information content (AvgIpc) is 2.82. The first-order chi connectivity index (χ1) is 17.0. The molecule has 5 aliphatic rings. The number of nitriles is 1. The molecule has 5 heteroatoms. The van der Waals surface area contributed by atoms with Crippen LogP contribution in [0.2, 0.25) is 0 Å². The van der Waals surface area contributed by atoms with Gasteiger partial charge in [0.05, 0.1) is 24.2 Å². The lowest BCUT2D eigenvalue weighted by molar-refractivity contribution is -0.260. The van der Waals surface area contributed by atoms with Crippen molar-refractivity contribution < 1.29 is 19.4 Å². The maximum absolute atomic E-state index is 13.4. The van der Waals surface area contributed by atoms with Gasteiger partial charge in [-0.2, -0.15) is 5.26 Å². The van der Waals surface area contributed by atoms with Crippen molar-refractivity contribution >= 4 is 11.8 Å². The lowest BCUT2D eigenvalue weighted by Gasteiger charge is -2.73. The van der Waals surface area contributed by atoms with Crippen molar-refractivity contribution in [1.29, 1.82) is 5.26 Å². The Hall–Kier alpha value is -1.67. The van der Waals surface area contributed by atoms with Crippen molar-refractivity contribution in [2.45, 2.75) is 106 Å². The Bertz CT molecular complexity index is 1100. The van der Waals surface area contributed by atoms with E-state index >= 15 is 0 Å². The molecule has 4 fully saturated rings. The van der Waals surface area contributed by atoms with Crippen molar-refractivity contribution in [3.8, 4) is 6.07 Å². The van der Waals surface area contributed by atoms with E-state index in [0.717, 1.165) is 44.9 Å². The van der Waals surface area contributed by atoms with Crippen LogP contribution in [-0.4, -0.2) is 30.1 Å². The molecule has 9 atom stereocenters. The molecule has 0 amide bonds. The van der Waals surface area contributed by atoms with Crippen LogP contribution in [0.25, 0.3) is 0 Å². The van der Waals surface area contributed by atoms with Crippen LogP contribution in [0.3, 0.4) is 0 Å². The number of aliphatic hydroxyl groups excluding tert-OH is 1. The Morgan fingerprint density at radius 1 is 1.00 bits per heavy atom. The lowest BCUT2D eigenvalue weighted by Crippen LogP contribution is -2.70. The van der Waals surface area contributed by atoms with E-state index < -0.39 is 16.9 Å². The second-order valence-corrected chi connectivity index (χ2v) is 15.5. The molecule has 0 radical (unpaired) electrons. The molecule has 0 aliphatic heterocycles. The van der Waals surface area contributed by atoms with E-state index in [1.807, 2.05) is 19.9 Å². The highest BCUT2D eigenvalue weighted by Gasteiger charge is 2.73. The van der Waals surface area contributed by atoms with Crippen LogP contribution in [0.5, 0.6) is 0 Å². The van der Waals surface area contributed by atoms with E-state index in [-0.39, 0.29) is 62.7 Å². The number of carbonyl (C=O) groups excluding carboxylic acids is 2. The summed E-state index contributed by atoms with van der Waals surface area (Å²) in [5.74, 6) is 0.300. The first-order valence-electron chi connectivity index (χ1n) is 14.5. The minimum Gasteiger partial charge on any atom is -0.469 e. The zero-order valence-electron chi connectivity index (χ0n) is 24.2. The van der Waals surface area contributed by atoms with Gasteiger partial charge < -0.3 is 9.84 Å². The summed E-state index contributed by atoms with van der Waals surface area (Å²) in [6.07, 6.45) is 8.54. The second kappa shape index (κ2) is 7.93. The summed E-state index contributed by atoms with van der Waals surface area (Å²) in [5, 5.41) is 22.0. The number of methoxy groups -OCH3 is 1. The highest BCUT2D eigenvalue weighted by molar-refractivity contribution is 6.04. The third kappa shape index (κ3) is 3.23. The Morgan fingerprint density at radius 2 is 1.65 bits per heavy atom. The number of ether oxygens (including phenoxy) is 1. The Balaban J connectivity index is 1.64. The van der Waals surface area contributed by atoms with Crippen LogP contribution in [0.1, 0.15) is 99.8 Å². The molecule has 0 bridgehead atoms. The fourth-order valence-electron chi connectivity index (χ4n) is 11.2. The fourth-order valence-corrected chi connectivity index (χ4v) is 11.2. The third-order valence-corrected chi connectivity index (χ3v) is 13.3. The summed E-state index contributed by atoms with van der Waals surface area (Å²) < 4.78 is 5.45. The van der Waals surface area contributed by atoms with Gasteiger partial charge in [-0.1, -0.05) is 54.5 Å². The maximum Gasteiger partial charge on any atom is 0.312 e. The first kappa shape index (κ1) is 26.9. The van der Waals surface area contributed by atoms with E-state index in [2.05, 4.69) is 40.7 Å². The quantitative estimate of drug-likeness (QED) is 0.422. The predicted molar refractivity (Wildman–Crippen MR) is 142 cm³/mol.